The van der Waals surface area contributed by atoms with Gasteiger partial charge in [0.1, 0.15) is 0 Å². The van der Waals surface area contributed by atoms with Crippen molar-refractivity contribution < 1.29 is 0 Å². The summed E-state index contributed by atoms with van der Waals surface area (Å²) in [5.41, 5.74) is 13.5. The van der Waals surface area contributed by atoms with Crippen LogP contribution in [0.3, 0.4) is 0 Å². The first-order chi connectivity index (χ1) is 21.6. The third kappa shape index (κ3) is 8.71. The first kappa shape index (κ1) is 32.3. The van der Waals surface area contributed by atoms with Crippen molar-refractivity contribution in [1.82, 2.24) is 5.32 Å². The molecular formula is C43H47N. The summed E-state index contributed by atoms with van der Waals surface area (Å²) in [6.45, 7) is 11.6. The van der Waals surface area contributed by atoms with Gasteiger partial charge in [-0.05, 0) is 92.9 Å². The van der Waals surface area contributed by atoms with Crippen molar-refractivity contribution in [2.24, 2.45) is 0 Å². The highest BCUT2D eigenvalue weighted by Crippen LogP contribution is 2.35. The number of nitrogens with one attached hydrogen (secondary N) is 1. The summed E-state index contributed by atoms with van der Waals surface area (Å²) in [7, 11) is 0. The van der Waals surface area contributed by atoms with Gasteiger partial charge in [-0.1, -0.05) is 156 Å². The maximum Gasteiger partial charge on any atom is 0.0446 e. The summed E-state index contributed by atoms with van der Waals surface area (Å²) >= 11 is 0. The fourth-order valence-electron chi connectivity index (χ4n) is 5.07. The van der Waals surface area contributed by atoms with Gasteiger partial charge in [0.05, 0.1) is 0 Å². The largest absolute Gasteiger partial charge is 0.381 e. The number of unbranched alkanes of at least 4 members (excludes halogenated alkanes) is 1. The summed E-state index contributed by atoms with van der Waals surface area (Å²) in [5, 5.41) is 3.54. The second-order valence-electron chi connectivity index (χ2n) is 11.2. The van der Waals surface area contributed by atoms with Gasteiger partial charge in [0.25, 0.3) is 0 Å². The third-order valence-corrected chi connectivity index (χ3v) is 7.49. The maximum atomic E-state index is 3.54. The Balaban J connectivity index is 0.000000576. The Bertz CT molecular complexity index is 1600. The predicted molar refractivity (Wildman–Crippen MR) is 194 cm³/mol. The van der Waals surface area contributed by atoms with E-state index in [2.05, 4.69) is 179 Å². The molecule has 224 valence electrons. The second kappa shape index (κ2) is 16.9. The smallest absolute Gasteiger partial charge is 0.0446 e. The molecule has 0 aliphatic carbocycles. The monoisotopic (exact) mass is 577 g/mol. The molecule has 1 heterocycles. The lowest BCUT2D eigenvalue weighted by molar-refractivity contribution is 0.886. The molecule has 0 radical (unpaired) electrons. The van der Waals surface area contributed by atoms with Gasteiger partial charge >= 0.3 is 0 Å². The van der Waals surface area contributed by atoms with Crippen LogP contribution in [0.5, 0.6) is 0 Å². The fraction of sp³-hybridized carbons (Fsp3) is 0.209. The van der Waals surface area contributed by atoms with Crippen molar-refractivity contribution in [3.8, 4) is 44.5 Å². The second-order valence-corrected chi connectivity index (χ2v) is 11.2. The first-order valence-electron chi connectivity index (χ1n) is 16.2. The molecule has 5 aromatic rings. The lowest BCUT2D eigenvalue weighted by atomic mass is 9.92. The van der Waals surface area contributed by atoms with Crippen molar-refractivity contribution in [3.05, 3.63) is 151 Å². The van der Waals surface area contributed by atoms with Crippen molar-refractivity contribution in [2.45, 2.75) is 53.9 Å². The summed E-state index contributed by atoms with van der Waals surface area (Å²) in [4.78, 5) is 0. The van der Waals surface area contributed by atoms with Crippen LogP contribution < -0.4 is 5.32 Å². The molecular weight excluding hydrogens is 530 g/mol. The van der Waals surface area contributed by atoms with Gasteiger partial charge in [-0.25, -0.2) is 0 Å². The van der Waals surface area contributed by atoms with E-state index in [1.807, 2.05) is 0 Å². The van der Waals surface area contributed by atoms with E-state index in [0.717, 1.165) is 6.54 Å². The number of hydrogen-bond donors (Lipinski definition) is 1. The molecule has 0 saturated carbocycles. The van der Waals surface area contributed by atoms with Crippen LogP contribution in [0.25, 0.3) is 50.2 Å². The van der Waals surface area contributed by atoms with E-state index in [9.17, 15) is 0 Å². The molecule has 5 aromatic carbocycles. The Hall–Kier alpha value is -4.62. The zero-order valence-electron chi connectivity index (χ0n) is 27.1. The lowest BCUT2D eigenvalue weighted by Gasteiger charge is -2.17. The predicted octanol–water partition coefficient (Wildman–Crippen LogP) is 12.5. The molecule has 44 heavy (non-hydrogen) atoms. The van der Waals surface area contributed by atoms with Gasteiger partial charge in [0.2, 0.25) is 0 Å². The Labute approximate surface area is 266 Å². The van der Waals surface area contributed by atoms with E-state index in [1.165, 1.54) is 80.6 Å². The molecule has 6 rings (SSSR count). The van der Waals surface area contributed by atoms with Crippen LogP contribution in [0.2, 0.25) is 0 Å². The lowest BCUT2D eigenvalue weighted by Crippen LogP contribution is -2.16. The summed E-state index contributed by atoms with van der Waals surface area (Å²) in [6.07, 6.45) is 8.25. The van der Waals surface area contributed by atoms with E-state index in [-0.39, 0.29) is 0 Å². The van der Waals surface area contributed by atoms with E-state index in [1.54, 1.807) is 0 Å². The number of rotatable bonds is 6. The molecule has 1 aliphatic rings. The summed E-state index contributed by atoms with van der Waals surface area (Å²) < 4.78 is 0. The maximum absolute atomic E-state index is 3.54. The quantitative estimate of drug-likeness (QED) is 0.212. The molecule has 0 atom stereocenters. The van der Waals surface area contributed by atoms with E-state index in [4.69, 9.17) is 0 Å². The van der Waals surface area contributed by atoms with Gasteiger partial charge in [0.15, 0.2) is 0 Å². The molecule has 0 bridgehead atoms. The minimum atomic E-state index is 0.869. The van der Waals surface area contributed by atoms with Gasteiger partial charge in [-0.3, -0.25) is 0 Å². The summed E-state index contributed by atoms with van der Waals surface area (Å²) in [5.74, 6) is 0. The number of benzene rings is 5. The van der Waals surface area contributed by atoms with Gasteiger partial charge in [-0.2, -0.15) is 0 Å². The van der Waals surface area contributed by atoms with Crippen molar-refractivity contribution in [1.29, 1.82) is 0 Å². The minimum absolute atomic E-state index is 0.869. The van der Waals surface area contributed by atoms with Gasteiger partial charge in [-0.15, -0.1) is 0 Å². The van der Waals surface area contributed by atoms with E-state index in [0.29, 0.717) is 0 Å². The Morgan fingerprint density at radius 1 is 0.455 bits per heavy atom. The first-order valence-corrected chi connectivity index (χ1v) is 16.2. The van der Waals surface area contributed by atoms with E-state index >= 15 is 0 Å². The van der Waals surface area contributed by atoms with Crippen molar-refractivity contribution >= 4 is 5.70 Å². The average molecular weight is 578 g/mol. The number of allylic oxidation sites excluding steroid dienone is 2. The molecule has 1 heteroatoms. The van der Waals surface area contributed by atoms with Crippen LogP contribution in [0.15, 0.2) is 145 Å². The zero-order valence-corrected chi connectivity index (χ0v) is 27.1. The third-order valence-electron chi connectivity index (χ3n) is 7.49. The molecule has 0 spiro atoms. The molecule has 0 unspecified atom stereocenters. The van der Waals surface area contributed by atoms with Crippen LogP contribution in [0.4, 0.5) is 0 Å². The highest BCUT2D eigenvalue weighted by molar-refractivity contribution is 5.83. The van der Waals surface area contributed by atoms with Crippen LogP contribution in [-0.4, -0.2) is 6.54 Å². The molecule has 0 aromatic heterocycles. The molecule has 0 amide bonds. The van der Waals surface area contributed by atoms with Gasteiger partial charge < -0.3 is 5.32 Å². The fourth-order valence-corrected chi connectivity index (χ4v) is 5.07. The molecule has 0 fully saturated rings. The Kier molecular flexibility index (Phi) is 12.4. The highest BCUT2D eigenvalue weighted by atomic mass is 14.9. The number of dihydropyridines is 1. The number of hydrogen-bond acceptors (Lipinski definition) is 1. The molecule has 1 aliphatic heterocycles. The molecule has 0 saturated heterocycles. The Morgan fingerprint density at radius 3 is 1.27 bits per heavy atom. The van der Waals surface area contributed by atoms with Gasteiger partial charge in [0, 0.05) is 12.2 Å². The SMILES string of the molecule is CC1=C(c2cccc(-c3cccc(-c4cc(-c5ccccc5)cc(-c5ccccc5)c4)c3)c2)NCC=C1.CCC.CCCC. The Morgan fingerprint density at radius 2 is 0.818 bits per heavy atom. The molecule has 1 nitrogen and oxygen atoms in total. The van der Waals surface area contributed by atoms with Crippen LogP contribution in [-0.2, 0) is 0 Å². The van der Waals surface area contributed by atoms with E-state index < -0.39 is 0 Å². The average Bonchev–Trinajstić information content (AvgIpc) is 3.09. The highest BCUT2D eigenvalue weighted by Gasteiger charge is 2.11. The topological polar surface area (TPSA) is 12.0 Å². The van der Waals surface area contributed by atoms with Crippen LogP contribution >= 0.6 is 0 Å². The van der Waals surface area contributed by atoms with Crippen LogP contribution in [0.1, 0.15) is 59.4 Å². The standard InChI is InChI=1S/C36H29N.C4H10.C3H8/c1-26-11-10-20-37-36(26)32-19-9-17-30(22-32)29-16-8-18-31(21-29)35-24-33(27-12-4-2-5-13-27)23-34(25-35)28-14-6-3-7-15-28;1-3-4-2;1-3-2/h2-19,21-25,37H,20H2,1H3;3-4H2,1-2H3;3H2,1-2H3. The van der Waals surface area contributed by atoms with Crippen molar-refractivity contribution in [3.63, 3.8) is 0 Å². The zero-order chi connectivity index (χ0) is 31.1. The van der Waals surface area contributed by atoms with Crippen LogP contribution in [0, 0.1) is 0 Å². The normalized spacial score (nSPS) is 11.9. The minimum Gasteiger partial charge on any atom is -0.381 e. The summed E-state index contributed by atoms with van der Waals surface area (Å²) in [6, 6.07) is 45.9. The van der Waals surface area contributed by atoms with Crippen molar-refractivity contribution in [2.75, 3.05) is 6.54 Å². The molecule has 1 N–H and O–H groups in total.